The third-order valence-electron chi connectivity index (χ3n) is 3.27. The summed E-state index contributed by atoms with van der Waals surface area (Å²) in [6.45, 7) is 0. The van der Waals surface area contributed by atoms with Crippen LogP contribution in [0.15, 0.2) is 54.6 Å². The van der Waals surface area contributed by atoms with E-state index < -0.39 is 11.9 Å². The number of ether oxygens (including phenoxy) is 1. The van der Waals surface area contributed by atoms with Gasteiger partial charge in [-0.05, 0) is 29.8 Å². The molecule has 108 valence electrons. The molecule has 0 bridgehead atoms. The van der Waals surface area contributed by atoms with Gasteiger partial charge in [0.25, 0.3) is 0 Å². The second kappa shape index (κ2) is 6.70. The largest absolute Gasteiger partial charge is 0.497 e. The van der Waals surface area contributed by atoms with Gasteiger partial charge in [0.15, 0.2) is 5.78 Å². The molecule has 0 aromatic heterocycles. The summed E-state index contributed by atoms with van der Waals surface area (Å²) in [5, 5.41) is 9.05. The lowest BCUT2D eigenvalue weighted by Gasteiger charge is -2.14. The number of carbonyl (C=O) groups is 2. The maximum absolute atomic E-state index is 12.6. The Morgan fingerprint density at radius 3 is 2.19 bits per heavy atom. The van der Waals surface area contributed by atoms with Crippen molar-refractivity contribution in [3.63, 3.8) is 0 Å². The van der Waals surface area contributed by atoms with E-state index in [-0.39, 0.29) is 12.2 Å². The first-order valence-corrected chi connectivity index (χ1v) is 6.57. The Morgan fingerprint density at radius 1 is 1.05 bits per heavy atom. The van der Waals surface area contributed by atoms with E-state index in [0.29, 0.717) is 16.9 Å². The Bertz CT molecular complexity index is 617. The Hall–Kier alpha value is -2.62. The zero-order chi connectivity index (χ0) is 15.2. The number of aliphatic carboxylic acids is 1. The molecule has 4 heteroatoms. The van der Waals surface area contributed by atoms with Gasteiger partial charge < -0.3 is 9.84 Å². The Labute approximate surface area is 123 Å². The van der Waals surface area contributed by atoms with Crippen LogP contribution in [0.25, 0.3) is 0 Å². The molecule has 0 unspecified atom stereocenters. The van der Waals surface area contributed by atoms with Gasteiger partial charge in [-0.1, -0.05) is 30.3 Å². The minimum absolute atomic E-state index is 0.203. The van der Waals surface area contributed by atoms with Crippen LogP contribution in [-0.4, -0.2) is 24.0 Å². The first kappa shape index (κ1) is 14.8. The molecular formula is C17H16O4. The van der Waals surface area contributed by atoms with E-state index in [1.807, 2.05) is 6.07 Å². The molecule has 0 saturated heterocycles. The highest BCUT2D eigenvalue weighted by atomic mass is 16.5. The molecule has 2 aromatic carbocycles. The summed E-state index contributed by atoms with van der Waals surface area (Å²) in [6, 6.07) is 15.7. The maximum atomic E-state index is 12.6. The molecule has 4 nitrogen and oxygen atoms in total. The van der Waals surface area contributed by atoms with Gasteiger partial charge in [0, 0.05) is 5.56 Å². The second-order valence-electron chi connectivity index (χ2n) is 4.65. The number of carbonyl (C=O) groups excluding carboxylic acids is 1. The highest BCUT2D eigenvalue weighted by Crippen LogP contribution is 2.25. The summed E-state index contributed by atoms with van der Waals surface area (Å²) in [4.78, 5) is 23.6. The van der Waals surface area contributed by atoms with Gasteiger partial charge in [-0.25, -0.2) is 0 Å². The van der Waals surface area contributed by atoms with Gasteiger partial charge in [-0.2, -0.15) is 0 Å². The average Bonchev–Trinajstić information content (AvgIpc) is 2.53. The zero-order valence-corrected chi connectivity index (χ0v) is 11.7. The molecule has 0 fully saturated rings. The van der Waals surface area contributed by atoms with Crippen LogP contribution in [0, 0.1) is 0 Å². The SMILES string of the molecule is COc1ccc(C(=O)[C@H](CC(=O)O)c2ccccc2)cc1. The standard InChI is InChI=1S/C17H16O4/c1-21-14-9-7-13(8-10-14)17(20)15(11-16(18)19)12-5-3-2-4-6-12/h2-10,15H,11H2,1H3,(H,18,19)/t15-/m1/s1. The Balaban J connectivity index is 2.31. The lowest BCUT2D eigenvalue weighted by molar-refractivity contribution is -0.137. The van der Waals surface area contributed by atoms with Gasteiger partial charge >= 0.3 is 5.97 Å². The maximum Gasteiger partial charge on any atom is 0.304 e. The fourth-order valence-electron chi connectivity index (χ4n) is 2.18. The van der Waals surface area contributed by atoms with E-state index in [9.17, 15) is 9.59 Å². The van der Waals surface area contributed by atoms with Crippen LogP contribution in [-0.2, 0) is 4.79 Å². The van der Waals surface area contributed by atoms with E-state index in [1.165, 1.54) is 0 Å². The second-order valence-corrected chi connectivity index (χ2v) is 4.65. The van der Waals surface area contributed by atoms with Crippen LogP contribution in [0.5, 0.6) is 5.75 Å². The van der Waals surface area contributed by atoms with Crippen molar-refractivity contribution >= 4 is 11.8 Å². The topological polar surface area (TPSA) is 63.6 Å². The monoisotopic (exact) mass is 284 g/mol. The van der Waals surface area contributed by atoms with E-state index in [4.69, 9.17) is 9.84 Å². The van der Waals surface area contributed by atoms with Crippen LogP contribution in [0.3, 0.4) is 0 Å². The summed E-state index contributed by atoms with van der Waals surface area (Å²) in [7, 11) is 1.55. The summed E-state index contributed by atoms with van der Waals surface area (Å²) < 4.78 is 5.05. The molecular weight excluding hydrogens is 268 g/mol. The van der Waals surface area contributed by atoms with Crippen LogP contribution >= 0.6 is 0 Å². The minimum atomic E-state index is -0.995. The van der Waals surface area contributed by atoms with Crippen LogP contribution in [0.4, 0.5) is 0 Å². The minimum Gasteiger partial charge on any atom is -0.497 e. The molecule has 21 heavy (non-hydrogen) atoms. The van der Waals surface area contributed by atoms with Crippen molar-refractivity contribution in [2.24, 2.45) is 0 Å². The number of ketones is 1. The quantitative estimate of drug-likeness (QED) is 0.828. The summed E-state index contributed by atoms with van der Waals surface area (Å²) in [5.41, 5.74) is 1.19. The van der Waals surface area contributed by atoms with Crippen LogP contribution in [0.2, 0.25) is 0 Å². The van der Waals surface area contributed by atoms with Gasteiger partial charge in [0.2, 0.25) is 0 Å². The third-order valence-corrected chi connectivity index (χ3v) is 3.27. The van der Waals surface area contributed by atoms with Crippen molar-refractivity contribution in [2.75, 3.05) is 7.11 Å². The van der Waals surface area contributed by atoms with Gasteiger partial charge in [-0.15, -0.1) is 0 Å². The summed E-state index contributed by atoms with van der Waals surface area (Å²) >= 11 is 0. The molecule has 0 aliphatic heterocycles. The average molecular weight is 284 g/mol. The number of Topliss-reactive ketones (excluding diaryl/α,β-unsaturated/α-hetero) is 1. The highest BCUT2D eigenvalue weighted by molar-refractivity contribution is 6.02. The molecule has 1 N–H and O–H groups in total. The molecule has 0 spiro atoms. The Kier molecular flexibility index (Phi) is 4.72. The molecule has 0 heterocycles. The number of rotatable bonds is 6. The predicted octanol–water partition coefficient (Wildman–Crippen LogP) is 3.14. The smallest absolute Gasteiger partial charge is 0.304 e. The number of carboxylic acid groups (broad SMARTS) is 1. The molecule has 0 amide bonds. The molecule has 0 aliphatic rings. The van der Waals surface area contributed by atoms with E-state index in [2.05, 4.69) is 0 Å². The highest BCUT2D eigenvalue weighted by Gasteiger charge is 2.24. The number of carboxylic acids is 1. The molecule has 2 aromatic rings. The van der Waals surface area contributed by atoms with Crippen molar-refractivity contribution in [3.05, 3.63) is 65.7 Å². The van der Waals surface area contributed by atoms with Crippen molar-refractivity contribution < 1.29 is 19.4 Å². The normalized spacial score (nSPS) is 11.7. The van der Waals surface area contributed by atoms with E-state index >= 15 is 0 Å². The van der Waals surface area contributed by atoms with Crippen molar-refractivity contribution in [1.29, 1.82) is 0 Å². The summed E-state index contributed by atoms with van der Waals surface area (Å²) in [6.07, 6.45) is -0.227. The van der Waals surface area contributed by atoms with Crippen LogP contribution < -0.4 is 4.74 Å². The van der Waals surface area contributed by atoms with Crippen molar-refractivity contribution in [2.45, 2.75) is 12.3 Å². The fourth-order valence-corrected chi connectivity index (χ4v) is 2.18. The zero-order valence-electron chi connectivity index (χ0n) is 11.7. The number of methoxy groups -OCH3 is 1. The Morgan fingerprint density at radius 2 is 1.67 bits per heavy atom. The molecule has 0 saturated carbocycles. The fraction of sp³-hybridized carbons (Fsp3) is 0.176. The molecule has 0 aliphatic carbocycles. The number of hydrogen-bond acceptors (Lipinski definition) is 3. The third kappa shape index (κ3) is 3.69. The molecule has 2 rings (SSSR count). The number of benzene rings is 2. The lowest BCUT2D eigenvalue weighted by Crippen LogP contribution is -2.17. The lowest BCUT2D eigenvalue weighted by atomic mass is 9.88. The molecule has 0 radical (unpaired) electrons. The van der Waals surface area contributed by atoms with Crippen LogP contribution in [0.1, 0.15) is 28.3 Å². The van der Waals surface area contributed by atoms with Gasteiger partial charge in [0.05, 0.1) is 19.4 Å². The first-order chi connectivity index (χ1) is 10.1. The van der Waals surface area contributed by atoms with E-state index in [1.54, 1.807) is 55.6 Å². The molecule has 1 atom stereocenters. The first-order valence-electron chi connectivity index (χ1n) is 6.57. The number of hydrogen-bond donors (Lipinski definition) is 1. The predicted molar refractivity (Wildman–Crippen MR) is 78.8 cm³/mol. The van der Waals surface area contributed by atoms with Crippen molar-refractivity contribution in [1.82, 2.24) is 0 Å². The van der Waals surface area contributed by atoms with E-state index in [0.717, 1.165) is 0 Å². The summed E-state index contributed by atoms with van der Waals surface area (Å²) in [5.74, 6) is -1.23. The van der Waals surface area contributed by atoms with Crippen molar-refractivity contribution in [3.8, 4) is 5.75 Å². The van der Waals surface area contributed by atoms with Gasteiger partial charge in [-0.3, -0.25) is 9.59 Å². The van der Waals surface area contributed by atoms with Gasteiger partial charge in [0.1, 0.15) is 5.75 Å².